The predicted octanol–water partition coefficient (Wildman–Crippen LogP) is 3.18. The average Bonchev–Trinajstić information content (AvgIpc) is 2.36. The number of hydrogen-bond acceptors (Lipinski definition) is 3. The molecule has 1 aliphatic rings. The fraction of sp³-hybridized carbons (Fsp3) is 0.625. The van der Waals surface area contributed by atoms with Crippen LogP contribution in [-0.2, 0) is 9.84 Å². The first-order valence-electron chi connectivity index (χ1n) is 7.27. The van der Waals surface area contributed by atoms with Gasteiger partial charge in [-0.05, 0) is 35.9 Å². The second-order valence-electron chi connectivity index (χ2n) is 6.87. The summed E-state index contributed by atoms with van der Waals surface area (Å²) in [6, 6.07) is 7.54. The molecule has 0 bridgehead atoms. The Morgan fingerprint density at radius 1 is 1.30 bits per heavy atom. The van der Waals surface area contributed by atoms with Crippen LogP contribution < -0.4 is 5.32 Å². The van der Waals surface area contributed by atoms with Crippen LogP contribution in [0, 0.1) is 11.3 Å². The fourth-order valence-electron chi connectivity index (χ4n) is 2.43. The van der Waals surface area contributed by atoms with Crippen molar-refractivity contribution in [1.29, 1.82) is 0 Å². The van der Waals surface area contributed by atoms with Gasteiger partial charge in [0.2, 0.25) is 0 Å². The molecule has 0 aliphatic carbocycles. The van der Waals surface area contributed by atoms with E-state index in [4.69, 9.17) is 0 Å². The summed E-state index contributed by atoms with van der Waals surface area (Å²) in [5, 5.41) is 3.56. The van der Waals surface area contributed by atoms with Crippen LogP contribution in [0.3, 0.4) is 0 Å². The van der Waals surface area contributed by atoms with Crippen LogP contribution in [0.25, 0.3) is 0 Å². The third kappa shape index (κ3) is 3.23. The summed E-state index contributed by atoms with van der Waals surface area (Å²) in [5.74, 6) is 0.777. The average molecular weight is 295 g/mol. The normalized spacial score (nSPS) is 23.1. The van der Waals surface area contributed by atoms with Gasteiger partial charge in [-0.2, -0.15) is 0 Å². The largest absolute Gasteiger partial charge is 0.310 e. The van der Waals surface area contributed by atoms with Gasteiger partial charge in [0.25, 0.3) is 0 Å². The third-order valence-electron chi connectivity index (χ3n) is 4.45. The first-order chi connectivity index (χ1) is 9.22. The summed E-state index contributed by atoms with van der Waals surface area (Å²) in [7, 11) is -3.08. The van der Waals surface area contributed by atoms with E-state index in [9.17, 15) is 8.42 Å². The minimum Gasteiger partial charge on any atom is -0.310 e. The van der Waals surface area contributed by atoms with Crippen molar-refractivity contribution in [3.63, 3.8) is 0 Å². The van der Waals surface area contributed by atoms with Gasteiger partial charge in [0.15, 0.2) is 9.84 Å². The highest BCUT2D eigenvalue weighted by atomic mass is 32.2. The van der Waals surface area contributed by atoms with Crippen molar-refractivity contribution < 1.29 is 8.42 Å². The lowest BCUT2D eigenvalue weighted by molar-refractivity contribution is 0.243. The van der Waals surface area contributed by atoms with Crippen LogP contribution in [-0.4, -0.2) is 20.7 Å². The highest BCUT2D eigenvalue weighted by molar-refractivity contribution is 7.91. The second kappa shape index (κ2) is 5.49. The summed E-state index contributed by atoms with van der Waals surface area (Å²) in [5.41, 5.74) is 1.19. The van der Waals surface area contributed by atoms with Crippen LogP contribution in [0.4, 0.5) is 0 Å². The molecule has 1 heterocycles. The van der Waals surface area contributed by atoms with Crippen LogP contribution >= 0.6 is 0 Å². The van der Waals surface area contributed by atoms with E-state index in [0.29, 0.717) is 17.2 Å². The summed E-state index contributed by atoms with van der Waals surface area (Å²) in [6.45, 7) is 9.84. The molecule has 0 aromatic heterocycles. The quantitative estimate of drug-likeness (QED) is 0.931. The Labute approximate surface area is 122 Å². The Bertz CT molecular complexity index is 572. The van der Waals surface area contributed by atoms with Gasteiger partial charge < -0.3 is 5.32 Å². The van der Waals surface area contributed by atoms with Gasteiger partial charge in [-0.3, -0.25) is 0 Å². The van der Waals surface area contributed by atoms with Gasteiger partial charge in [0.1, 0.15) is 0 Å². The van der Waals surface area contributed by atoms with Crippen molar-refractivity contribution in [2.24, 2.45) is 11.3 Å². The molecule has 2 rings (SSSR count). The molecule has 1 aliphatic heterocycles. The Kier molecular flexibility index (Phi) is 4.26. The first-order valence-corrected chi connectivity index (χ1v) is 8.92. The Hall–Kier alpha value is -0.870. The van der Waals surface area contributed by atoms with E-state index in [0.717, 1.165) is 12.1 Å². The zero-order chi connectivity index (χ0) is 15.0. The summed E-state index contributed by atoms with van der Waals surface area (Å²) >= 11 is 0. The van der Waals surface area contributed by atoms with E-state index in [1.54, 1.807) is 12.1 Å². The molecule has 1 aromatic rings. The van der Waals surface area contributed by atoms with E-state index >= 15 is 0 Å². The van der Waals surface area contributed by atoms with E-state index < -0.39 is 9.84 Å². The molecule has 0 spiro atoms. The zero-order valence-corrected chi connectivity index (χ0v) is 13.6. The monoisotopic (exact) mass is 295 g/mol. The Morgan fingerprint density at radius 3 is 2.60 bits per heavy atom. The zero-order valence-electron chi connectivity index (χ0n) is 12.8. The van der Waals surface area contributed by atoms with E-state index in [1.165, 1.54) is 0 Å². The second-order valence-corrected chi connectivity index (χ2v) is 8.95. The van der Waals surface area contributed by atoms with E-state index in [2.05, 4.69) is 33.0 Å². The molecule has 1 aromatic carbocycles. The minimum atomic E-state index is -3.08. The third-order valence-corrected chi connectivity index (χ3v) is 6.27. The number of hydrogen-bond donors (Lipinski definition) is 1. The lowest BCUT2D eigenvalue weighted by Crippen LogP contribution is -2.35. The van der Waals surface area contributed by atoms with Crippen molar-refractivity contribution in [3.05, 3.63) is 29.8 Å². The number of benzene rings is 1. The van der Waals surface area contributed by atoms with Gasteiger partial charge in [0, 0.05) is 6.04 Å². The Morgan fingerprint density at radius 2 is 1.95 bits per heavy atom. The maximum atomic E-state index is 12.1. The maximum Gasteiger partial charge on any atom is 0.178 e. The molecule has 3 nitrogen and oxygen atoms in total. The summed E-state index contributed by atoms with van der Waals surface area (Å²) in [4.78, 5) is 0.507. The first kappa shape index (κ1) is 15.5. The summed E-state index contributed by atoms with van der Waals surface area (Å²) in [6.07, 6.45) is 0.663. The van der Waals surface area contributed by atoms with Gasteiger partial charge in [0.05, 0.1) is 10.6 Å². The number of nitrogens with one attached hydrogen (secondary N) is 1. The number of fused-ring (bicyclic) bond motifs is 1. The number of sulfone groups is 1. The van der Waals surface area contributed by atoms with Crippen LogP contribution in [0.1, 0.15) is 45.7 Å². The maximum absolute atomic E-state index is 12.1. The highest BCUT2D eigenvalue weighted by Crippen LogP contribution is 2.32. The summed E-state index contributed by atoms with van der Waals surface area (Å²) < 4.78 is 24.2. The standard InChI is InChI=1S/C16H25NO2S/c1-12(16(2,3)4)11-17-14-9-10-20(18,19)15-8-6-5-7-13(14)15/h5-8,12,14,17H,9-11H2,1-4H3. The lowest BCUT2D eigenvalue weighted by Gasteiger charge is -2.31. The van der Waals surface area contributed by atoms with Gasteiger partial charge >= 0.3 is 0 Å². The highest BCUT2D eigenvalue weighted by Gasteiger charge is 2.30. The predicted molar refractivity (Wildman–Crippen MR) is 82.5 cm³/mol. The van der Waals surface area contributed by atoms with Gasteiger partial charge in [-0.15, -0.1) is 0 Å². The lowest BCUT2D eigenvalue weighted by atomic mass is 9.82. The Balaban J connectivity index is 2.16. The van der Waals surface area contributed by atoms with Crippen molar-refractivity contribution in [1.82, 2.24) is 5.32 Å². The van der Waals surface area contributed by atoms with Crippen LogP contribution in [0.5, 0.6) is 0 Å². The van der Waals surface area contributed by atoms with Gasteiger partial charge in [-0.1, -0.05) is 45.9 Å². The molecule has 0 radical (unpaired) electrons. The molecular weight excluding hydrogens is 270 g/mol. The fourth-order valence-corrected chi connectivity index (χ4v) is 4.05. The topological polar surface area (TPSA) is 46.2 Å². The molecule has 0 fully saturated rings. The van der Waals surface area contributed by atoms with E-state index in [1.807, 2.05) is 12.1 Å². The molecule has 0 amide bonds. The number of rotatable bonds is 3. The van der Waals surface area contributed by atoms with Crippen LogP contribution in [0.15, 0.2) is 29.2 Å². The molecule has 0 saturated carbocycles. The van der Waals surface area contributed by atoms with Crippen molar-refractivity contribution in [3.8, 4) is 0 Å². The van der Waals surface area contributed by atoms with Crippen molar-refractivity contribution in [2.45, 2.75) is 45.1 Å². The molecule has 0 saturated heterocycles. The molecule has 2 atom stereocenters. The molecule has 20 heavy (non-hydrogen) atoms. The van der Waals surface area contributed by atoms with Crippen molar-refractivity contribution >= 4 is 9.84 Å². The van der Waals surface area contributed by atoms with Gasteiger partial charge in [-0.25, -0.2) is 8.42 Å². The molecule has 2 unspecified atom stereocenters. The SMILES string of the molecule is CC(CNC1CCS(=O)(=O)c2ccccc21)C(C)(C)C. The molecule has 112 valence electrons. The molecular formula is C16H25NO2S. The van der Waals surface area contributed by atoms with Crippen molar-refractivity contribution in [2.75, 3.05) is 12.3 Å². The minimum absolute atomic E-state index is 0.152. The molecule has 1 N–H and O–H groups in total. The van der Waals surface area contributed by atoms with E-state index in [-0.39, 0.29) is 17.2 Å². The molecule has 4 heteroatoms. The smallest absolute Gasteiger partial charge is 0.178 e. The van der Waals surface area contributed by atoms with Crippen LogP contribution in [0.2, 0.25) is 0 Å².